The monoisotopic (exact) mass is 204 g/mol. The predicted molar refractivity (Wildman–Crippen MR) is 65.2 cm³/mol. The molecular weight excluding hydrogens is 184 g/mol. The maximum Gasteiger partial charge on any atom is 0.0380 e. The molecule has 15 heavy (non-hydrogen) atoms. The molecule has 0 bridgehead atoms. The van der Waals surface area contributed by atoms with E-state index in [1.165, 1.54) is 11.3 Å². The van der Waals surface area contributed by atoms with Gasteiger partial charge in [-0.15, -0.1) is 0 Å². The first-order valence-electron chi connectivity index (χ1n) is 5.60. The molecule has 1 saturated carbocycles. The molecule has 1 aromatic carbocycles. The zero-order valence-corrected chi connectivity index (χ0v) is 9.75. The van der Waals surface area contributed by atoms with Crippen LogP contribution in [0.1, 0.15) is 38.7 Å². The largest absolute Gasteiger partial charge is 0.380 e. The number of hydrogen-bond acceptors (Lipinski definition) is 2. The van der Waals surface area contributed by atoms with E-state index in [0.29, 0.717) is 12.0 Å². The molecule has 2 nitrogen and oxygen atoms in total. The Hall–Kier alpha value is -1.02. The standard InChI is InChI=1S/C13H20N2/c1-13(2,3)15-12-7-5-4-6-9(12)10-8-11(10)14/h4-7,10-11,15H,8,14H2,1-3H3/t10-,11+/m0/s1. The van der Waals surface area contributed by atoms with E-state index in [1.54, 1.807) is 0 Å². The van der Waals surface area contributed by atoms with Gasteiger partial charge in [-0.25, -0.2) is 0 Å². The van der Waals surface area contributed by atoms with Crippen LogP contribution in [0.5, 0.6) is 0 Å². The van der Waals surface area contributed by atoms with E-state index in [-0.39, 0.29) is 5.54 Å². The molecule has 0 heterocycles. The lowest BCUT2D eigenvalue weighted by atomic mass is 10.0. The Balaban J connectivity index is 2.23. The van der Waals surface area contributed by atoms with Gasteiger partial charge in [0.05, 0.1) is 0 Å². The Bertz CT molecular complexity index is 352. The molecule has 0 aliphatic heterocycles. The van der Waals surface area contributed by atoms with E-state index in [0.717, 1.165) is 6.42 Å². The van der Waals surface area contributed by atoms with Crippen molar-refractivity contribution in [3.8, 4) is 0 Å². The summed E-state index contributed by atoms with van der Waals surface area (Å²) >= 11 is 0. The molecule has 2 heteroatoms. The molecule has 0 amide bonds. The summed E-state index contributed by atoms with van der Waals surface area (Å²) in [5.74, 6) is 0.566. The van der Waals surface area contributed by atoms with E-state index in [2.05, 4.69) is 50.4 Å². The van der Waals surface area contributed by atoms with Crippen LogP contribution in [0.4, 0.5) is 5.69 Å². The van der Waals surface area contributed by atoms with Gasteiger partial charge in [-0.3, -0.25) is 0 Å². The van der Waals surface area contributed by atoms with Crippen LogP contribution >= 0.6 is 0 Å². The van der Waals surface area contributed by atoms with E-state index in [4.69, 9.17) is 5.73 Å². The van der Waals surface area contributed by atoms with Crippen molar-refractivity contribution in [2.45, 2.75) is 44.7 Å². The molecule has 3 N–H and O–H groups in total. The highest BCUT2D eigenvalue weighted by atomic mass is 15.0. The lowest BCUT2D eigenvalue weighted by Gasteiger charge is -2.24. The molecule has 1 aromatic rings. The maximum absolute atomic E-state index is 5.90. The van der Waals surface area contributed by atoms with Gasteiger partial charge in [0, 0.05) is 23.2 Å². The second-order valence-electron chi connectivity index (χ2n) is 5.47. The normalized spacial score (nSPS) is 25.1. The number of para-hydroxylation sites is 1. The van der Waals surface area contributed by atoms with Crippen molar-refractivity contribution in [3.05, 3.63) is 29.8 Å². The molecule has 0 aromatic heterocycles. The van der Waals surface area contributed by atoms with Crippen molar-refractivity contribution in [3.63, 3.8) is 0 Å². The number of benzene rings is 1. The molecule has 2 atom stereocenters. The fraction of sp³-hybridized carbons (Fsp3) is 0.538. The number of nitrogens with one attached hydrogen (secondary N) is 1. The van der Waals surface area contributed by atoms with Crippen molar-refractivity contribution >= 4 is 5.69 Å². The van der Waals surface area contributed by atoms with Crippen LogP contribution in [0.2, 0.25) is 0 Å². The molecule has 0 radical (unpaired) electrons. The van der Waals surface area contributed by atoms with Gasteiger partial charge in [0.25, 0.3) is 0 Å². The Morgan fingerprint density at radius 1 is 1.27 bits per heavy atom. The van der Waals surface area contributed by atoms with Crippen LogP contribution in [0.15, 0.2) is 24.3 Å². The Kier molecular flexibility index (Phi) is 2.47. The fourth-order valence-electron chi connectivity index (χ4n) is 1.91. The first-order valence-corrected chi connectivity index (χ1v) is 5.60. The summed E-state index contributed by atoms with van der Waals surface area (Å²) < 4.78 is 0. The zero-order valence-electron chi connectivity index (χ0n) is 9.75. The Labute approximate surface area is 91.9 Å². The molecule has 0 unspecified atom stereocenters. The van der Waals surface area contributed by atoms with E-state index in [9.17, 15) is 0 Å². The van der Waals surface area contributed by atoms with Crippen molar-refractivity contribution < 1.29 is 0 Å². The number of hydrogen-bond donors (Lipinski definition) is 2. The van der Waals surface area contributed by atoms with Gasteiger partial charge >= 0.3 is 0 Å². The van der Waals surface area contributed by atoms with E-state index in [1.807, 2.05) is 0 Å². The van der Waals surface area contributed by atoms with Crippen LogP contribution < -0.4 is 11.1 Å². The molecule has 0 saturated heterocycles. The first kappa shape index (κ1) is 10.5. The van der Waals surface area contributed by atoms with Gasteiger partial charge in [0.15, 0.2) is 0 Å². The topological polar surface area (TPSA) is 38.0 Å². The van der Waals surface area contributed by atoms with Crippen molar-refractivity contribution in [2.24, 2.45) is 5.73 Å². The number of rotatable bonds is 2. The highest BCUT2D eigenvalue weighted by Crippen LogP contribution is 2.42. The minimum absolute atomic E-state index is 0.106. The summed E-state index contributed by atoms with van der Waals surface area (Å²) in [5, 5.41) is 3.54. The van der Waals surface area contributed by atoms with Crippen molar-refractivity contribution in [1.82, 2.24) is 0 Å². The lowest BCUT2D eigenvalue weighted by Crippen LogP contribution is -2.26. The zero-order chi connectivity index (χ0) is 11.1. The lowest BCUT2D eigenvalue weighted by molar-refractivity contribution is 0.632. The summed E-state index contributed by atoms with van der Waals surface area (Å²) in [7, 11) is 0. The van der Waals surface area contributed by atoms with Crippen LogP contribution in [0.25, 0.3) is 0 Å². The molecule has 1 aliphatic carbocycles. The van der Waals surface area contributed by atoms with E-state index >= 15 is 0 Å². The first-order chi connectivity index (χ1) is 6.97. The summed E-state index contributed by atoms with van der Waals surface area (Å²) in [5.41, 5.74) is 8.62. The second kappa shape index (κ2) is 3.53. The molecule has 2 rings (SSSR count). The Morgan fingerprint density at radius 3 is 2.40 bits per heavy atom. The summed E-state index contributed by atoms with van der Waals surface area (Å²) in [6.07, 6.45) is 1.13. The summed E-state index contributed by atoms with van der Waals surface area (Å²) in [6.45, 7) is 6.53. The third-order valence-corrected chi connectivity index (χ3v) is 2.71. The minimum Gasteiger partial charge on any atom is -0.380 e. The van der Waals surface area contributed by atoms with Crippen LogP contribution in [0, 0.1) is 0 Å². The van der Waals surface area contributed by atoms with Gasteiger partial charge < -0.3 is 11.1 Å². The second-order valence-corrected chi connectivity index (χ2v) is 5.47. The van der Waals surface area contributed by atoms with Crippen LogP contribution in [-0.4, -0.2) is 11.6 Å². The van der Waals surface area contributed by atoms with Gasteiger partial charge in [0.2, 0.25) is 0 Å². The quantitative estimate of drug-likeness (QED) is 0.777. The average Bonchev–Trinajstić information content (AvgIpc) is 2.80. The summed E-state index contributed by atoms with van der Waals surface area (Å²) in [4.78, 5) is 0. The SMILES string of the molecule is CC(C)(C)Nc1ccccc1[C@@H]1C[C@H]1N. The molecular formula is C13H20N2. The molecule has 82 valence electrons. The van der Waals surface area contributed by atoms with Gasteiger partial charge in [0.1, 0.15) is 0 Å². The smallest absolute Gasteiger partial charge is 0.0380 e. The fourth-order valence-corrected chi connectivity index (χ4v) is 1.91. The molecule has 1 fully saturated rings. The maximum atomic E-state index is 5.90. The van der Waals surface area contributed by atoms with E-state index < -0.39 is 0 Å². The highest BCUT2D eigenvalue weighted by Gasteiger charge is 2.36. The van der Waals surface area contributed by atoms with Gasteiger partial charge in [-0.2, -0.15) is 0 Å². The van der Waals surface area contributed by atoms with Crippen molar-refractivity contribution in [2.75, 3.05) is 5.32 Å². The molecule has 1 aliphatic rings. The van der Waals surface area contributed by atoms with Crippen molar-refractivity contribution in [1.29, 1.82) is 0 Å². The van der Waals surface area contributed by atoms with Gasteiger partial charge in [-0.05, 0) is 38.8 Å². The third kappa shape index (κ3) is 2.51. The number of anilines is 1. The van der Waals surface area contributed by atoms with Crippen LogP contribution in [-0.2, 0) is 0 Å². The Morgan fingerprint density at radius 2 is 1.87 bits per heavy atom. The average molecular weight is 204 g/mol. The highest BCUT2D eigenvalue weighted by molar-refractivity contribution is 5.56. The predicted octanol–water partition coefficient (Wildman–Crippen LogP) is 2.71. The summed E-state index contributed by atoms with van der Waals surface area (Å²) in [6, 6.07) is 8.87. The third-order valence-electron chi connectivity index (χ3n) is 2.71. The minimum atomic E-state index is 0.106. The molecule has 0 spiro atoms. The van der Waals surface area contributed by atoms with Gasteiger partial charge in [-0.1, -0.05) is 18.2 Å². The van der Waals surface area contributed by atoms with Crippen LogP contribution in [0.3, 0.4) is 0 Å². The number of nitrogens with two attached hydrogens (primary N) is 1.